The number of aromatic amines is 1. The van der Waals surface area contributed by atoms with Crippen LogP contribution >= 0.6 is 0 Å². The van der Waals surface area contributed by atoms with Crippen molar-refractivity contribution in [3.63, 3.8) is 0 Å². The molecule has 1 saturated heterocycles. The number of carbonyl (C=O) groups excluding carboxylic acids is 1. The van der Waals surface area contributed by atoms with Crippen molar-refractivity contribution in [2.45, 2.75) is 26.2 Å². The Morgan fingerprint density at radius 1 is 1.28 bits per heavy atom. The van der Waals surface area contributed by atoms with E-state index in [1.807, 2.05) is 36.1 Å². The largest absolute Gasteiger partial charge is 0.342 e. The standard InChI is InChI=1S/C19H21N5O/c1-13-10-21-17(11-20-13)19(25)24-8-4-5-14(12-24)9-18-22-15-6-2-3-7-16(15)23-18/h2-3,6-7,10-11,14H,4-5,8-9,12H2,1H3,(H,22,23)/t14-/m0/s1. The van der Waals surface area contributed by atoms with Crippen molar-refractivity contribution in [1.82, 2.24) is 24.8 Å². The van der Waals surface area contributed by atoms with E-state index in [2.05, 4.69) is 19.9 Å². The number of piperidine rings is 1. The number of hydrogen-bond donors (Lipinski definition) is 1. The number of amides is 1. The molecule has 1 atom stereocenters. The fourth-order valence-electron chi connectivity index (χ4n) is 3.46. The van der Waals surface area contributed by atoms with Gasteiger partial charge in [0.25, 0.3) is 5.91 Å². The maximum atomic E-state index is 12.6. The van der Waals surface area contributed by atoms with Gasteiger partial charge in [-0.25, -0.2) is 9.97 Å². The van der Waals surface area contributed by atoms with E-state index in [0.29, 0.717) is 11.6 Å². The molecule has 0 aliphatic carbocycles. The second kappa shape index (κ2) is 6.63. The first-order valence-electron chi connectivity index (χ1n) is 8.70. The molecule has 128 valence electrons. The normalized spacial score (nSPS) is 17.8. The predicted molar refractivity (Wildman–Crippen MR) is 95.2 cm³/mol. The van der Waals surface area contributed by atoms with Gasteiger partial charge in [0.05, 0.1) is 22.9 Å². The molecule has 1 aromatic carbocycles. The van der Waals surface area contributed by atoms with E-state index in [4.69, 9.17) is 0 Å². The highest BCUT2D eigenvalue weighted by atomic mass is 16.2. The molecule has 0 spiro atoms. The van der Waals surface area contributed by atoms with Crippen molar-refractivity contribution in [3.05, 3.63) is 53.9 Å². The number of H-pyrrole nitrogens is 1. The minimum Gasteiger partial charge on any atom is -0.342 e. The third kappa shape index (κ3) is 3.38. The molecule has 6 heteroatoms. The van der Waals surface area contributed by atoms with E-state index in [1.165, 1.54) is 0 Å². The molecule has 1 fully saturated rings. The SMILES string of the molecule is Cc1cnc(C(=O)N2CCC[C@@H](Cc3nc4ccccc4[nH]3)C2)cn1. The van der Waals surface area contributed by atoms with Gasteiger partial charge in [-0.3, -0.25) is 9.78 Å². The van der Waals surface area contributed by atoms with Gasteiger partial charge >= 0.3 is 0 Å². The molecule has 6 nitrogen and oxygen atoms in total. The molecule has 0 saturated carbocycles. The Morgan fingerprint density at radius 3 is 2.96 bits per heavy atom. The average molecular weight is 335 g/mol. The monoisotopic (exact) mass is 335 g/mol. The summed E-state index contributed by atoms with van der Waals surface area (Å²) < 4.78 is 0. The van der Waals surface area contributed by atoms with Gasteiger partial charge in [0.2, 0.25) is 0 Å². The molecule has 4 rings (SSSR count). The topological polar surface area (TPSA) is 74.8 Å². The summed E-state index contributed by atoms with van der Waals surface area (Å²) in [6.45, 7) is 3.39. The second-order valence-corrected chi connectivity index (χ2v) is 6.71. The summed E-state index contributed by atoms with van der Waals surface area (Å²) in [4.78, 5) is 31.0. The molecular formula is C19H21N5O. The average Bonchev–Trinajstić information content (AvgIpc) is 3.04. The summed E-state index contributed by atoms with van der Waals surface area (Å²) in [7, 11) is 0. The van der Waals surface area contributed by atoms with E-state index in [1.54, 1.807) is 12.4 Å². The first-order valence-corrected chi connectivity index (χ1v) is 8.70. The molecule has 0 unspecified atom stereocenters. The molecule has 0 bridgehead atoms. The Morgan fingerprint density at radius 2 is 2.16 bits per heavy atom. The second-order valence-electron chi connectivity index (χ2n) is 6.71. The quantitative estimate of drug-likeness (QED) is 0.798. The lowest BCUT2D eigenvalue weighted by Crippen LogP contribution is -2.41. The number of imidazole rings is 1. The van der Waals surface area contributed by atoms with Crippen molar-refractivity contribution in [3.8, 4) is 0 Å². The highest BCUT2D eigenvalue weighted by Crippen LogP contribution is 2.22. The summed E-state index contributed by atoms with van der Waals surface area (Å²) in [5.74, 6) is 1.38. The van der Waals surface area contributed by atoms with Crippen LogP contribution in [0.3, 0.4) is 0 Å². The van der Waals surface area contributed by atoms with Crippen LogP contribution in [0, 0.1) is 12.8 Å². The number of nitrogens with zero attached hydrogens (tertiary/aromatic N) is 4. The fourth-order valence-corrected chi connectivity index (χ4v) is 3.46. The van der Waals surface area contributed by atoms with Crippen LogP contribution < -0.4 is 0 Å². The van der Waals surface area contributed by atoms with Crippen molar-refractivity contribution >= 4 is 16.9 Å². The summed E-state index contributed by atoms with van der Waals surface area (Å²) in [6, 6.07) is 8.06. The van der Waals surface area contributed by atoms with E-state index in [0.717, 1.165) is 54.9 Å². The summed E-state index contributed by atoms with van der Waals surface area (Å²) in [5, 5.41) is 0. The first kappa shape index (κ1) is 15.7. The highest BCUT2D eigenvalue weighted by Gasteiger charge is 2.26. The molecule has 0 radical (unpaired) electrons. The van der Waals surface area contributed by atoms with Crippen LogP contribution in [0.2, 0.25) is 0 Å². The zero-order chi connectivity index (χ0) is 17.2. The molecular weight excluding hydrogens is 314 g/mol. The molecule has 3 aromatic rings. The number of hydrogen-bond acceptors (Lipinski definition) is 4. The van der Waals surface area contributed by atoms with Crippen LogP contribution in [0.1, 0.15) is 34.8 Å². The Bertz CT molecular complexity index is 853. The fraction of sp³-hybridized carbons (Fsp3) is 0.368. The Balaban J connectivity index is 1.45. The number of rotatable bonds is 3. The molecule has 25 heavy (non-hydrogen) atoms. The number of likely N-dealkylation sites (tertiary alicyclic amines) is 1. The van der Waals surface area contributed by atoms with Crippen LogP contribution in [-0.2, 0) is 6.42 Å². The van der Waals surface area contributed by atoms with Crippen LogP contribution in [0.25, 0.3) is 11.0 Å². The molecule has 2 aromatic heterocycles. The minimum atomic E-state index is -0.0261. The molecule has 3 heterocycles. The molecule has 1 N–H and O–H groups in total. The van der Waals surface area contributed by atoms with Crippen molar-refractivity contribution in [2.75, 3.05) is 13.1 Å². The predicted octanol–water partition coefficient (Wildman–Crippen LogP) is 2.76. The van der Waals surface area contributed by atoms with Crippen molar-refractivity contribution in [2.24, 2.45) is 5.92 Å². The van der Waals surface area contributed by atoms with Crippen molar-refractivity contribution in [1.29, 1.82) is 0 Å². The molecule has 1 amide bonds. The lowest BCUT2D eigenvalue weighted by Gasteiger charge is -2.32. The summed E-state index contributed by atoms with van der Waals surface area (Å²) in [6.07, 6.45) is 6.19. The molecule has 1 aliphatic rings. The highest BCUT2D eigenvalue weighted by molar-refractivity contribution is 5.92. The summed E-state index contributed by atoms with van der Waals surface area (Å²) in [5.41, 5.74) is 3.31. The lowest BCUT2D eigenvalue weighted by atomic mass is 9.94. The van der Waals surface area contributed by atoms with Gasteiger partial charge in [-0.15, -0.1) is 0 Å². The molecule has 1 aliphatic heterocycles. The number of carbonyl (C=O) groups is 1. The zero-order valence-electron chi connectivity index (χ0n) is 14.3. The van der Waals surface area contributed by atoms with Crippen LogP contribution in [-0.4, -0.2) is 43.8 Å². The Hall–Kier alpha value is -2.76. The van der Waals surface area contributed by atoms with Crippen LogP contribution in [0.15, 0.2) is 36.7 Å². The van der Waals surface area contributed by atoms with Gasteiger partial charge in [0.15, 0.2) is 0 Å². The van der Waals surface area contributed by atoms with E-state index < -0.39 is 0 Å². The van der Waals surface area contributed by atoms with Gasteiger partial charge in [0, 0.05) is 25.7 Å². The van der Waals surface area contributed by atoms with Crippen LogP contribution in [0.4, 0.5) is 0 Å². The number of aryl methyl sites for hydroxylation is 1. The maximum absolute atomic E-state index is 12.6. The Labute approximate surface area is 146 Å². The van der Waals surface area contributed by atoms with Gasteiger partial charge in [-0.1, -0.05) is 12.1 Å². The third-order valence-electron chi connectivity index (χ3n) is 4.73. The maximum Gasteiger partial charge on any atom is 0.274 e. The third-order valence-corrected chi connectivity index (χ3v) is 4.73. The van der Waals surface area contributed by atoms with Gasteiger partial charge in [0.1, 0.15) is 11.5 Å². The van der Waals surface area contributed by atoms with Gasteiger partial charge < -0.3 is 9.88 Å². The number of nitrogens with one attached hydrogen (secondary N) is 1. The first-order chi connectivity index (χ1) is 12.2. The van der Waals surface area contributed by atoms with E-state index in [9.17, 15) is 4.79 Å². The number of para-hydroxylation sites is 2. The van der Waals surface area contributed by atoms with Gasteiger partial charge in [-0.2, -0.15) is 0 Å². The Kier molecular flexibility index (Phi) is 4.17. The van der Waals surface area contributed by atoms with Crippen molar-refractivity contribution < 1.29 is 4.79 Å². The van der Waals surface area contributed by atoms with E-state index in [-0.39, 0.29) is 5.91 Å². The van der Waals surface area contributed by atoms with E-state index >= 15 is 0 Å². The van der Waals surface area contributed by atoms with Gasteiger partial charge in [-0.05, 0) is 37.8 Å². The number of fused-ring (bicyclic) bond motifs is 1. The minimum absolute atomic E-state index is 0.0261. The smallest absolute Gasteiger partial charge is 0.274 e. The summed E-state index contributed by atoms with van der Waals surface area (Å²) >= 11 is 0. The number of benzene rings is 1. The zero-order valence-corrected chi connectivity index (χ0v) is 14.3. The number of aromatic nitrogens is 4. The lowest BCUT2D eigenvalue weighted by molar-refractivity contribution is 0.0666. The van der Waals surface area contributed by atoms with Crippen LogP contribution in [0.5, 0.6) is 0 Å².